The van der Waals surface area contributed by atoms with Crippen LogP contribution in [0.4, 0.5) is 4.39 Å². The van der Waals surface area contributed by atoms with Crippen molar-refractivity contribution in [3.8, 4) is 0 Å². The molecular formula is C13H18FNO2S. The summed E-state index contributed by atoms with van der Waals surface area (Å²) in [5, 5.41) is 3.07. The van der Waals surface area contributed by atoms with Crippen LogP contribution in [0.3, 0.4) is 0 Å². The number of nitrogens with one attached hydrogen (secondary N) is 1. The Labute approximate surface area is 111 Å². The van der Waals surface area contributed by atoms with Crippen molar-refractivity contribution in [3.63, 3.8) is 0 Å². The largest absolute Gasteiger partial charge is 0.468 e. The number of esters is 1. The van der Waals surface area contributed by atoms with Crippen molar-refractivity contribution in [1.29, 1.82) is 0 Å². The van der Waals surface area contributed by atoms with Crippen molar-refractivity contribution in [1.82, 2.24) is 5.32 Å². The van der Waals surface area contributed by atoms with Gasteiger partial charge in [0.2, 0.25) is 0 Å². The Hall–Kier alpha value is -1.07. The number of carbonyl (C=O) groups is 1. The van der Waals surface area contributed by atoms with Crippen LogP contribution < -0.4 is 5.32 Å². The first kappa shape index (κ1) is 15.0. The molecule has 18 heavy (non-hydrogen) atoms. The van der Waals surface area contributed by atoms with Crippen LogP contribution in [0.25, 0.3) is 0 Å². The van der Waals surface area contributed by atoms with E-state index >= 15 is 0 Å². The molecule has 0 saturated heterocycles. The molecule has 1 unspecified atom stereocenters. The molecule has 1 aromatic carbocycles. The maximum absolute atomic E-state index is 13.0. The normalized spacial score (nSPS) is 12.2. The van der Waals surface area contributed by atoms with Gasteiger partial charge in [0.05, 0.1) is 7.11 Å². The van der Waals surface area contributed by atoms with Gasteiger partial charge >= 0.3 is 5.97 Å². The second-order valence-electron chi connectivity index (χ2n) is 3.73. The van der Waals surface area contributed by atoms with Crippen LogP contribution in [0.1, 0.15) is 13.3 Å². The lowest BCUT2D eigenvalue weighted by Gasteiger charge is -2.14. The van der Waals surface area contributed by atoms with E-state index in [0.29, 0.717) is 13.0 Å². The highest BCUT2D eigenvalue weighted by Gasteiger charge is 2.17. The number of methoxy groups -OCH3 is 1. The molecule has 100 valence electrons. The molecule has 0 saturated carbocycles. The summed E-state index contributed by atoms with van der Waals surface area (Å²) in [6, 6.07) is 6.15. The second-order valence-corrected chi connectivity index (χ2v) is 4.90. The number of thioether (sulfide) groups is 1. The summed E-state index contributed by atoms with van der Waals surface area (Å²) in [6.07, 6.45) is 0.654. The van der Waals surface area contributed by atoms with Gasteiger partial charge in [0, 0.05) is 10.6 Å². The SMILES string of the molecule is CCNC(CCSc1cccc(F)c1)C(=O)OC. The van der Waals surface area contributed by atoms with E-state index in [2.05, 4.69) is 5.32 Å². The molecule has 1 rings (SSSR count). The average Bonchev–Trinajstić information content (AvgIpc) is 2.37. The molecule has 1 aromatic rings. The summed E-state index contributed by atoms with van der Waals surface area (Å²) in [5.74, 6) is 0.240. The quantitative estimate of drug-likeness (QED) is 0.611. The summed E-state index contributed by atoms with van der Waals surface area (Å²) in [6.45, 7) is 2.65. The topological polar surface area (TPSA) is 38.3 Å². The van der Waals surface area contributed by atoms with Gasteiger partial charge in [-0.05, 0) is 31.2 Å². The number of ether oxygens (including phenoxy) is 1. The average molecular weight is 271 g/mol. The van der Waals surface area contributed by atoms with Crippen molar-refractivity contribution >= 4 is 17.7 Å². The first-order valence-electron chi connectivity index (χ1n) is 5.87. The van der Waals surface area contributed by atoms with E-state index in [1.165, 1.54) is 31.0 Å². The zero-order valence-electron chi connectivity index (χ0n) is 10.6. The van der Waals surface area contributed by atoms with E-state index in [1.54, 1.807) is 6.07 Å². The third kappa shape index (κ3) is 5.06. The van der Waals surface area contributed by atoms with Gasteiger partial charge in [-0.3, -0.25) is 4.79 Å². The van der Waals surface area contributed by atoms with Gasteiger partial charge in [0.25, 0.3) is 0 Å². The maximum atomic E-state index is 13.0. The highest BCUT2D eigenvalue weighted by molar-refractivity contribution is 7.99. The van der Waals surface area contributed by atoms with Crippen molar-refractivity contribution in [2.24, 2.45) is 0 Å². The molecule has 0 radical (unpaired) electrons. The number of likely N-dealkylation sites (N-methyl/N-ethyl adjacent to an activating group) is 1. The Morgan fingerprint density at radius 2 is 2.33 bits per heavy atom. The number of rotatable bonds is 7. The summed E-state index contributed by atoms with van der Waals surface area (Å²) in [4.78, 5) is 12.3. The smallest absolute Gasteiger partial charge is 0.322 e. The van der Waals surface area contributed by atoms with E-state index < -0.39 is 0 Å². The minimum atomic E-state index is -0.291. The molecule has 0 aliphatic rings. The highest BCUT2D eigenvalue weighted by atomic mass is 32.2. The van der Waals surface area contributed by atoms with Gasteiger partial charge in [0.15, 0.2) is 0 Å². The van der Waals surface area contributed by atoms with E-state index in [-0.39, 0.29) is 17.8 Å². The zero-order chi connectivity index (χ0) is 13.4. The first-order valence-corrected chi connectivity index (χ1v) is 6.85. The fourth-order valence-corrected chi connectivity index (χ4v) is 2.50. The Morgan fingerprint density at radius 1 is 1.56 bits per heavy atom. The minimum Gasteiger partial charge on any atom is -0.468 e. The van der Waals surface area contributed by atoms with Crippen LogP contribution >= 0.6 is 11.8 Å². The molecule has 0 amide bonds. The molecule has 0 aromatic heterocycles. The van der Waals surface area contributed by atoms with Crippen LogP contribution in [0.15, 0.2) is 29.2 Å². The predicted octanol–water partition coefficient (Wildman–Crippen LogP) is 2.46. The molecule has 3 nitrogen and oxygen atoms in total. The lowest BCUT2D eigenvalue weighted by atomic mass is 10.2. The van der Waals surface area contributed by atoms with Gasteiger partial charge in [0.1, 0.15) is 11.9 Å². The van der Waals surface area contributed by atoms with Crippen LogP contribution in [0.5, 0.6) is 0 Å². The molecule has 0 bridgehead atoms. The van der Waals surface area contributed by atoms with Crippen molar-refractivity contribution < 1.29 is 13.9 Å². The third-order valence-electron chi connectivity index (χ3n) is 2.41. The van der Waals surface area contributed by atoms with Gasteiger partial charge in [-0.25, -0.2) is 4.39 Å². The Balaban J connectivity index is 2.41. The number of hydrogen-bond donors (Lipinski definition) is 1. The maximum Gasteiger partial charge on any atom is 0.322 e. The number of carbonyl (C=O) groups excluding carboxylic acids is 1. The monoisotopic (exact) mass is 271 g/mol. The molecule has 0 heterocycles. The van der Waals surface area contributed by atoms with E-state index in [9.17, 15) is 9.18 Å². The fraction of sp³-hybridized carbons (Fsp3) is 0.462. The summed E-state index contributed by atoms with van der Waals surface area (Å²) >= 11 is 1.53. The van der Waals surface area contributed by atoms with E-state index in [1.807, 2.05) is 13.0 Å². The van der Waals surface area contributed by atoms with Crippen LogP contribution in [0.2, 0.25) is 0 Å². The third-order valence-corrected chi connectivity index (χ3v) is 3.43. The van der Waals surface area contributed by atoms with Crippen molar-refractivity contribution in [2.75, 3.05) is 19.4 Å². The van der Waals surface area contributed by atoms with E-state index in [0.717, 1.165) is 10.6 Å². The van der Waals surface area contributed by atoms with Crippen LogP contribution in [0, 0.1) is 5.82 Å². The molecule has 1 N–H and O–H groups in total. The van der Waals surface area contributed by atoms with Gasteiger partial charge < -0.3 is 10.1 Å². The Morgan fingerprint density at radius 3 is 2.94 bits per heavy atom. The van der Waals surface area contributed by atoms with Crippen molar-refractivity contribution in [2.45, 2.75) is 24.3 Å². The van der Waals surface area contributed by atoms with Gasteiger partial charge in [-0.15, -0.1) is 11.8 Å². The second kappa shape index (κ2) is 8.11. The van der Waals surface area contributed by atoms with Gasteiger partial charge in [-0.2, -0.15) is 0 Å². The van der Waals surface area contributed by atoms with E-state index in [4.69, 9.17) is 4.74 Å². The molecule has 0 spiro atoms. The molecule has 0 fully saturated rings. The minimum absolute atomic E-state index is 0.240. The number of benzene rings is 1. The standard InChI is InChI=1S/C13H18FNO2S/c1-3-15-12(13(16)17-2)7-8-18-11-6-4-5-10(14)9-11/h4-6,9,12,15H,3,7-8H2,1-2H3. The van der Waals surface area contributed by atoms with Crippen molar-refractivity contribution in [3.05, 3.63) is 30.1 Å². The number of hydrogen-bond acceptors (Lipinski definition) is 4. The molecule has 5 heteroatoms. The fourth-order valence-electron chi connectivity index (χ4n) is 1.54. The van der Waals surface area contributed by atoms with Crippen LogP contribution in [-0.2, 0) is 9.53 Å². The zero-order valence-corrected chi connectivity index (χ0v) is 11.4. The Kier molecular flexibility index (Phi) is 6.75. The summed E-state index contributed by atoms with van der Waals surface area (Å²) in [5.41, 5.74) is 0. The molecular weight excluding hydrogens is 253 g/mol. The lowest BCUT2D eigenvalue weighted by Crippen LogP contribution is -2.37. The van der Waals surface area contributed by atoms with Gasteiger partial charge in [-0.1, -0.05) is 13.0 Å². The summed E-state index contributed by atoms with van der Waals surface area (Å²) in [7, 11) is 1.38. The summed E-state index contributed by atoms with van der Waals surface area (Å²) < 4.78 is 17.7. The molecule has 0 aliphatic carbocycles. The Bertz CT molecular complexity index is 387. The molecule has 0 aliphatic heterocycles. The highest BCUT2D eigenvalue weighted by Crippen LogP contribution is 2.20. The first-order chi connectivity index (χ1) is 8.67. The lowest BCUT2D eigenvalue weighted by molar-refractivity contribution is -0.143. The number of halogens is 1. The van der Waals surface area contributed by atoms with Crippen LogP contribution in [-0.4, -0.2) is 31.4 Å². The predicted molar refractivity (Wildman–Crippen MR) is 71.2 cm³/mol. The molecule has 1 atom stereocenters.